The van der Waals surface area contributed by atoms with Crippen LogP contribution in [-0.2, 0) is 4.79 Å². The second kappa shape index (κ2) is 8.00. The van der Waals surface area contributed by atoms with Crippen molar-refractivity contribution in [1.82, 2.24) is 10.2 Å². The summed E-state index contributed by atoms with van der Waals surface area (Å²) in [5.74, 6) is 0.870. The van der Waals surface area contributed by atoms with E-state index in [1.807, 2.05) is 38.4 Å². The molecule has 2 N–H and O–H groups in total. The maximum Gasteiger partial charge on any atom is 0.225 e. The van der Waals surface area contributed by atoms with Crippen LogP contribution in [0.25, 0.3) is 0 Å². The number of ether oxygens (including phenoxy) is 1. The normalized spacial score (nSPS) is 14.2. The highest BCUT2D eigenvalue weighted by Gasteiger charge is 2.20. The first kappa shape index (κ1) is 15.8. The highest BCUT2D eigenvalue weighted by molar-refractivity contribution is 5.90. The standard InChI is InChI=1S/C16H25N3O2/c1-19(2)11-12-21-15-7-5-14(6-8-15)18-16(20)9-10-17-13-3-4-13/h5-8,13,17H,3-4,9-12H2,1-2H3,(H,18,20). The Kier molecular flexibility index (Phi) is 6.02. The molecule has 0 saturated heterocycles. The zero-order chi connectivity index (χ0) is 15.1. The van der Waals surface area contributed by atoms with Crippen LogP contribution in [0.1, 0.15) is 19.3 Å². The zero-order valence-electron chi connectivity index (χ0n) is 12.9. The number of hydrogen-bond acceptors (Lipinski definition) is 4. The number of nitrogens with zero attached hydrogens (tertiary/aromatic N) is 1. The van der Waals surface area contributed by atoms with E-state index in [4.69, 9.17) is 4.74 Å². The van der Waals surface area contributed by atoms with Crippen LogP contribution in [-0.4, -0.2) is 50.6 Å². The van der Waals surface area contributed by atoms with Crippen molar-refractivity contribution in [2.75, 3.05) is 39.1 Å². The summed E-state index contributed by atoms with van der Waals surface area (Å²) in [6.45, 7) is 2.29. The summed E-state index contributed by atoms with van der Waals surface area (Å²) in [6.07, 6.45) is 3.01. The number of carbonyl (C=O) groups is 1. The Morgan fingerprint density at radius 1 is 1.29 bits per heavy atom. The van der Waals surface area contributed by atoms with E-state index in [9.17, 15) is 4.79 Å². The SMILES string of the molecule is CN(C)CCOc1ccc(NC(=O)CCNC2CC2)cc1. The van der Waals surface area contributed by atoms with Gasteiger partial charge in [-0.2, -0.15) is 0 Å². The van der Waals surface area contributed by atoms with Gasteiger partial charge in [0.15, 0.2) is 0 Å². The number of carbonyl (C=O) groups excluding carboxylic acids is 1. The number of benzene rings is 1. The molecule has 5 nitrogen and oxygen atoms in total. The number of rotatable bonds is 9. The third-order valence-electron chi connectivity index (χ3n) is 3.31. The maximum absolute atomic E-state index is 11.8. The lowest BCUT2D eigenvalue weighted by Crippen LogP contribution is -2.23. The van der Waals surface area contributed by atoms with Gasteiger partial charge in [-0.05, 0) is 51.2 Å². The Balaban J connectivity index is 1.66. The van der Waals surface area contributed by atoms with Gasteiger partial charge in [0.25, 0.3) is 0 Å². The highest BCUT2D eigenvalue weighted by atomic mass is 16.5. The van der Waals surface area contributed by atoms with Gasteiger partial charge in [0.2, 0.25) is 5.91 Å². The van der Waals surface area contributed by atoms with Crippen molar-refractivity contribution >= 4 is 11.6 Å². The second-order valence-electron chi connectivity index (χ2n) is 5.70. The van der Waals surface area contributed by atoms with E-state index in [-0.39, 0.29) is 5.91 Å². The molecule has 0 unspecified atom stereocenters. The predicted octanol–water partition coefficient (Wildman–Crippen LogP) is 1.71. The van der Waals surface area contributed by atoms with Gasteiger partial charge in [-0.25, -0.2) is 0 Å². The molecule has 0 atom stereocenters. The molecule has 1 fully saturated rings. The molecule has 1 amide bonds. The summed E-state index contributed by atoms with van der Waals surface area (Å²) < 4.78 is 5.61. The van der Waals surface area contributed by atoms with Crippen LogP contribution in [0.15, 0.2) is 24.3 Å². The first-order chi connectivity index (χ1) is 10.1. The van der Waals surface area contributed by atoms with Crippen molar-refractivity contribution in [2.24, 2.45) is 0 Å². The summed E-state index contributed by atoms with van der Waals surface area (Å²) >= 11 is 0. The van der Waals surface area contributed by atoms with Gasteiger partial charge >= 0.3 is 0 Å². The summed E-state index contributed by atoms with van der Waals surface area (Å²) in [4.78, 5) is 13.8. The van der Waals surface area contributed by atoms with E-state index >= 15 is 0 Å². The van der Waals surface area contributed by atoms with Crippen molar-refractivity contribution in [2.45, 2.75) is 25.3 Å². The van der Waals surface area contributed by atoms with E-state index in [1.54, 1.807) is 0 Å². The highest BCUT2D eigenvalue weighted by Crippen LogP contribution is 2.18. The van der Waals surface area contributed by atoms with Crippen molar-refractivity contribution in [3.63, 3.8) is 0 Å². The van der Waals surface area contributed by atoms with E-state index < -0.39 is 0 Å². The molecule has 1 aromatic carbocycles. The Hall–Kier alpha value is -1.59. The van der Waals surface area contributed by atoms with Gasteiger partial charge in [-0.15, -0.1) is 0 Å². The molecule has 0 aliphatic heterocycles. The van der Waals surface area contributed by atoms with Crippen LogP contribution < -0.4 is 15.4 Å². The third-order valence-corrected chi connectivity index (χ3v) is 3.31. The zero-order valence-corrected chi connectivity index (χ0v) is 12.9. The molecule has 0 spiro atoms. The Morgan fingerprint density at radius 3 is 2.62 bits per heavy atom. The molecule has 0 radical (unpaired) electrons. The average molecular weight is 291 g/mol. The van der Waals surface area contributed by atoms with Crippen molar-refractivity contribution in [3.8, 4) is 5.75 Å². The van der Waals surface area contributed by atoms with E-state index in [2.05, 4.69) is 15.5 Å². The lowest BCUT2D eigenvalue weighted by atomic mass is 10.3. The molecule has 0 heterocycles. The van der Waals surface area contributed by atoms with E-state index in [0.29, 0.717) is 19.1 Å². The Labute approximate surface area is 126 Å². The number of likely N-dealkylation sites (N-methyl/N-ethyl adjacent to an activating group) is 1. The minimum Gasteiger partial charge on any atom is -0.492 e. The Bertz CT molecular complexity index is 441. The summed E-state index contributed by atoms with van der Waals surface area (Å²) in [5, 5.41) is 6.22. The average Bonchev–Trinajstić information content (AvgIpc) is 3.24. The molecule has 1 aromatic rings. The first-order valence-electron chi connectivity index (χ1n) is 7.54. The van der Waals surface area contributed by atoms with Crippen LogP contribution in [0.3, 0.4) is 0 Å². The van der Waals surface area contributed by atoms with Crippen LogP contribution in [0.2, 0.25) is 0 Å². The molecule has 5 heteroatoms. The maximum atomic E-state index is 11.8. The molecular weight excluding hydrogens is 266 g/mol. The number of anilines is 1. The Morgan fingerprint density at radius 2 is 2.00 bits per heavy atom. The van der Waals surface area contributed by atoms with Crippen molar-refractivity contribution < 1.29 is 9.53 Å². The fourth-order valence-corrected chi connectivity index (χ4v) is 1.88. The molecule has 21 heavy (non-hydrogen) atoms. The molecular formula is C16H25N3O2. The van der Waals surface area contributed by atoms with Crippen LogP contribution in [0.4, 0.5) is 5.69 Å². The number of amides is 1. The number of hydrogen-bond donors (Lipinski definition) is 2. The predicted molar refractivity (Wildman–Crippen MR) is 84.8 cm³/mol. The molecule has 2 rings (SSSR count). The lowest BCUT2D eigenvalue weighted by Gasteiger charge is -2.11. The van der Waals surface area contributed by atoms with Gasteiger partial charge in [0.1, 0.15) is 12.4 Å². The van der Waals surface area contributed by atoms with Gasteiger partial charge in [-0.1, -0.05) is 0 Å². The lowest BCUT2D eigenvalue weighted by molar-refractivity contribution is -0.116. The van der Waals surface area contributed by atoms with Gasteiger partial charge in [-0.3, -0.25) is 4.79 Å². The molecule has 0 bridgehead atoms. The minimum atomic E-state index is 0.0458. The molecule has 116 valence electrons. The van der Waals surface area contributed by atoms with Gasteiger partial charge in [0, 0.05) is 31.2 Å². The van der Waals surface area contributed by atoms with Gasteiger partial charge in [0.05, 0.1) is 0 Å². The summed E-state index contributed by atoms with van der Waals surface area (Å²) in [5.41, 5.74) is 0.811. The van der Waals surface area contributed by atoms with Gasteiger partial charge < -0.3 is 20.3 Å². The number of nitrogens with one attached hydrogen (secondary N) is 2. The fraction of sp³-hybridized carbons (Fsp3) is 0.562. The summed E-state index contributed by atoms with van der Waals surface area (Å²) in [6, 6.07) is 8.16. The monoisotopic (exact) mass is 291 g/mol. The van der Waals surface area contributed by atoms with Crippen molar-refractivity contribution in [3.05, 3.63) is 24.3 Å². The molecule has 0 aromatic heterocycles. The van der Waals surface area contributed by atoms with Crippen LogP contribution in [0, 0.1) is 0 Å². The molecule has 1 aliphatic carbocycles. The van der Waals surface area contributed by atoms with E-state index in [0.717, 1.165) is 24.5 Å². The fourth-order valence-electron chi connectivity index (χ4n) is 1.88. The first-order valence-corrected chi connectivity index (χ1v) is 7.54. The van der Waals surface area contributed by atoms with E-state index in [1.165, 1.54) is 12.8 Å². The second-order valence-corrected chi connectivity index (χ2v) is 5.70. The third kappa shape index (κ3) is 6.60. The molecule has 1 aliphatic rings. The minimum absolute atomic E-state index is 0.0458. The molecule has 1 saturated carbocycles. The smallest absolute Gasteiger partial charge is 0.225 e. The topological polar surface area (TPSA) is 53.6 Å². The largest absolute Gasteiger partial charge is 0.492 e. The van der Waals surface area contributed by atoms with Crippen LogP contribution in [0.5, 0.6) is 5.75 Å². The van der Waals surface area contributed by atoms with Crippen LogP contribution >= 0.6 is 0 Å². The van der Waals surface area contributed by atoms with Crippen molar-refractivity contribution in [1.29, 1.82) is 0 Å². The quantitative estimate of drug-likeness (QED) is 0.727. The summed E-state index contributed by atoms with van der Waals surface area (Å²) in [7, 11) is 4.03.